The Morgan fingerprint density at radius 3 is 2.76 bits per heavy atom. The number of nitrogens with one attached hydrogen (secondary N) is 1. The van der Waals surface area contributed by atoms with Crippen LogP contribution in [0.25, 0.3) is 0 Å². The van der Waals surface area contributed by atoms with Crippen LogP contribution in [0.15, 0.2) is 24.3 Å². The monoisotopic (exact) mass is 234 g/mol. The molecule has 1 aliphatic heterocycles. The summed E-state index contributed by atoms with van der Waals surface area (Å²) in [5.74, 6) is 0.142. The van der Waals surface area contributed by atoms with Gasteiger partial charge in [0, 0.05) is 31.4 Å². The fraction of sp³-hybridized carbons (Fsp3) is 0.462. The standard InChI is InChI=1S/C13H18N2O2/c14-9-11-3-1-2-4-12(11)15-13(16)10-5-7-17-8-6-10/h1-4,10H,5-9,14H2,(H,15,16). The molecule has 92 valence electrons. The van der Waals surface area contributed by atoms with Crippen LogP contribution in [-0.2, 0) is 16.1 Å². The summed E-state index contributed by atoms with van der Waals surface area (Å²) in [6, 6.07) is 7.64. The molecule has 0 aliphatic carbocycles. The lowest BCUT2D eigenvalue weighted by atomic mass is 9.99. The number of ether oxygens (including phenoxy) is 1. The lowest BCUT2D eigenvalue weighted by Crippen LogP contribution is -2.29. The Hall–Kier alpha value is -1.39. The Balaban J connectivity index is 2.01. The minimum absolute atomic E-state index is 0.0644. The summed E-state index contributed by atoms with van der Waals surface area (Å²) in [6.07, 6.45) is 1.60. The van der Waals surface area contributed by atoms with Gasteiger partial charge >= 0.3 is 0 Å². The topological polar surface area (TPSA) is 64.3 Å². The second kappa shape index (κ2) is 5.80. The lowest BCUT2D eigenvalue weighted by molar-refractivity contribution is -0.122. The minimum Gasteiger partial charge on any atom is -0.381 e. The fourth-order valence-electron chi connectivity index (χ4n) is 2.01. The minimum atomic E-state index is 0.0644. The van der Waals surface area contributed by atoms with Gasteiger partial charge in [-0.05, 0) is 24.5 Å². The van der Waals surface area contributed by atoms with E-state index in [2.05, 4.69) is 5.32 Å². The number of anilines is 1. The second-order valence-electron chi connectivity index (χ2n) is 4.24. The molecule has 1 aromatic carbocycles. The number of carbonyl (C=O) groups is 1. The molecule has 0 bridgehead atoms. The fourth-order valence-corrected chi connectivity index (χ4v) is 2.01. The van der Waals surface area contributed by atoms with E-state index >= 15 is 0 Å². The highest BCUT2D eigenvalue weighted by molar-refractivity contribution is 5.93. The van der Waals surface area contributed by atoms with E-state index in [1.165, 1.54) is 0 Å². The molecular formula is C13H18N2O2. The van der Waals surface area contributed by atoms with Gasteiger partial charge in [-0.15, -0.1) is 0 Å². The average Bonchev–Trinajstić information content (AvgIpc) is 2.40. The van der Waals surface area contributed by atoms with E-state index < -0.39 is 0 Å². The van der Waals surface area contributed by atoms with Crippen LogP contribution in [0.3, 0.4) is 0 Å². The van der Waals surface area contributed by atoms with Crippen LogP contribution >= 0.6 is 0 Å². The highest BCUT2D eigenvalue weighted by Gasteiger charge is 2.21. The predicted molar refractivity (Wildman–Crippen MR) is 66.5 cm³/mol. The number of hydrogen-bond acceptors (Lipinski definition) is 3. The van der Waals surface area contributed by atoms with Crippen molar-refractivity contribution in [3.8, 4) is 0 Å². The summed E-state index contributed by atoms with van der Waals surface area (Å²) in [5.41, 5.74) is 7.42. The van der Waals surface area contributed by atoms with Gasteiger partial charge < -0.3 is 15.8 Å². The van der Waals surface area contributed by atoms with E-state index in [1.807, 2.05) is 24.3 Å². The zero-order valence-corrected chi connectivity index (χ0v) is 9.82. The van der Waals surface area contributed by atoms with Crippen molar-refractivity contribution in [2.75, 3.05) is 18.5 Å². The van der Waals surface area contributed by atoms with Crippen LogP contribution in [0, 0.1) is 5.92 Å². The normalized spacial score (nSPS) is 16.8. The molecule has 3 N–H and O–H groups in total. The molecule has 0 atom stereocenters. The summed E-state index contributed by atoms with van der Waals surface area (Å²) in [5, 5.41) is 2.96. The molecule has 4 heteroatoms. The number of amides is 1. The van der Waals surface area contributed by atoms with Crippen molar-refractivity contribution >= 4 is 11.6 Å². The Labute approximate surface area is 101 Å². The molecule has 1 amide bonds. The molecule has 1 saturated heterocycles. The van der Waals surface area contributed by atoms with Crippen molar-refractivity contribution in [1.29, 1.82) is 0 Å². The van der Waals surface area contributed by atoms with E-state index in [-0.39, 0.29) is 11.8 Å². The Kier molecular flexibility index (Phi) is 4.12. The van der Waals surface area contributed by atoms with E-state index in [1.54, 1.807) is 0 Å². The van der Waals surface area contributed by atoms with Crippen molar-refractivity contribution in [1.82, 2.24) is 0 Å². The highest BCUT2D eigenvalue weighted by atomic mass is 16.5. The third-order valence-corrected chi connectivity index (χ3v) is 3.09. The van der Waals surface area contributed by atoms with Gasteiger partial charge in [0.15, 0.2) is 0 Å². The quantitative estimate of drug-likeness (QED) is 0.833. The van der Waals surface area contributed by atoms with Gasteiger partial charge in [0.2, 0.25) is 5.91 Å². The number of carbonyl (C=O) groups excluding carboxylic acids is 1. The van der Waals surface area contributed by atoms with Crippen LogP contribution in [0.2, 0.25) is 0 Å². The van der Waals surface area contributed by atoms with Gasteiger partial charge in [0.05, 0.1) is 0 Å². The van der Waals surface area contributed by atoms with Gasteiger partial charge in [0.25, 0.3) is 0 Å². The van der Waals surface area contributed by atoms with Crippen LogP contribution < -0.4 is 11.1 Å². The molecule has 0 spiro atoms. The SMILES string of the molecule is NCc1ccccc1NC(=O)C1CCOCC1. The van der Waals surface area contributed by atoms with Gasteiger partial charge in [0.1, 0.15) is 0 Å². The van der Waals surface area contributed by atoms with Crippen LogP contribution in [0.1, 0.15) is 18.4 Å². The van der Waals surface area contributed by atoms with E-state index in [9.17, 15) is 4.79 Å². The lowest BCUT2D eigenvalue weighted by Gasteiger charge is -2.21. The maximum absolute atomic E-state index is 12.0. The number of nitrogens with two attached hydrogens (primary N) is 1. The first-order valence-corrected chi connectivity index (χ1v) is 5.98. The maximum atomic E-state index is 12.0. The van der Waals surface area contributed by atoms with Crippen molar-refractivity contribution in [3.05, 3.63) is 29.8 Å². The molecule has 0 unspecified atom stereocenters. The molecule has 1 aliphatic rings. The summed E-state index contributed by atoms with van der Waals surface area (Å²) in [6.45, 7) is 1.79. The summed E-state index contributed by atoms with van der Waals surface area (Å²) < 4.78 is 5.24. The third kappa shape index (κ3) is 3.05. The number of para-hydroxylation sites is 1. The summed E-state index contributed by atoms with van der Waals surface area (Å²) in [7, 11) is 0. The largest absolute Gasteiger partial charge is 0.381 e. The number of benzene rings is 1. The van der Waals surface area contributed by atoms with Gasteiger partial charge in [-0.2, -0.15) is 0 Å². The molecule has 17 heavy (non-hydrogen) atoms. The highest BCUT2D eigenvalue weighted by Crippen LogP contribution is 2.19. The molecule has 0 aromatic heterocycles. The van der Waals surface area contributed by atoms with Crippen LogP contribution in [-0.4, -0.2) is 19.1 Å². The summed E-state index contributed by atoms with van der Waals surface area (Å²) >= 11 is 0. The molecule has 1 fully saturated rings. The zero-order valence-electron chi connectivity index (χ0n) is 9.82. The van der Waals surface area contributed by atoms with E-state index in [4.69, 9.17) is 10.5 Å². The van der Waals surface area contributed by atoms with E-state index in [0.717, 1.165) is 24.1 Å². The van der Waals surface area contributed by atoms with Crippen molar-refractivity contribution in [3.63, 3.8) is 0 Å². The molecule has 2 rings (SSSR count). The average molecular weight is 234 g/mol. The van der Waals surface area contributed by atoms with Crippen LogP contribution in [0.4, 0.5) is 5.69 Å². The third-order valence-electron chi connectivity index (χ3n) is 3.09. The molecule has 1 aromatic rings. The molecule has 1 heterocycles. The first-order valence-electron chi connectivity index (χ1n) is 5.98. The first kappa shape index (κ1) is 12.1. The van der Waals surface area contributed by atoms with Crippen molar-refractivity contribution in [2.24, 2.45) is 11.7 Å². The smallest absolute Gasteiger partial charge is 0.227 e. The van der Waals surface area contributed by atoms with Crippen LogP contribution in [0.5, 0.6) is 0 Å². The van der Waals surface area contributed by atoms with Gasteiger partial charge in [-0.25, -0.2) is 0 Å². The first-order chi connectivity index (χ1) is 8.31. The Morgan fingerprint density at radius 1 is 1.35 bits per heavy atom. The second-order valence-corrected chi connectivity index (χ2v) is 4.24. The predicted octanol–water partition coefficient (Wildman–Crippen LogP) is 1.51. The van der Waals surface area contributed by atoms with Crippen molar-refractivity contribution in [2.45, 2.75) is 19.4 Å². The Bertz CT molecular complexity index is 387. The number of rotatable bonds is 3. The van der Waals surface area contributed by atoms with Gasteiger partial charge in [-0.3, -0.25) is 4.79 Å². The van der Waals surface area contributed by atoms with Gasteiger partial charge in [-0.1, -0.05) is 18.2 Å². The molecular weight excluding hydrogens is 216 g/mol. The maximum Gasteiger partial charge on any atom is 0.227 e. The van der Waals surface area contributed by atoms with E-state index in [0.29, 0.717) is 19.8 Å². The zero-order chi connectivity index (χ0) is 12.1. The summed E-state index contributed by atoms with van der Waals surface area (Å²) in [4.78, 5) is 12.0. The molecule has 4 nitrogen and oxygen atoms in total. The van der Waals surface area contributed by atoms with Crippen molar-refractivity contribution < 1.29 is 9.53 Å². The molecule has 0 radical (unpaired) electrons. The number of hydrogen-bond donors (Lipinski definition) is 2. The molecule has 0 saturated carbocycles. The Morgan fingerprint density at radius 2 is 2.06 bits per heavy atom.